The summed E-state index contributed by atoms with van der Waals surface area (Å²) in [6.45, 7) is 5.64. The average Bonchev–Trinajstić information content (AvgIpc) is 3.23. The first-order chi connectivity index (χ1) is 11.6. The molecule has 26 heavy (non-hydrogen) atoms. The second kappa shape index (κ2) is 8.65. The van der Waals surface area contributed by atoms with Crippen LogP contribution in [0.2, 0.25) is 0 Å². The number of aromatic nitrogens is 1. The molecule has 0 radical (unpaired) electrons. The van der Waals surface area contributed by atoms with Crippen LogP contribution in [0, 0.1) is 24.6 Å². The van der Waals surface area contributed by atoms with Gasteiger partial charge in [-0.1, -0.05) is 12.1 Å². The molecule has 2 fully saturated rings. The lowest BCUT2D eigenvalue weighted by Crippen LogP contribution is -2.31. The maximum atomic E-state index is 13.0. The molecule has 2 saturated heterocycles. The molecule has 4 nitrogen and oxygen atoms in total. The fraction of sp³-hybridized carbons (Fsp3) is 0.444. The number of likely N-dealkylation sites (tertiary alicyclic amines) is 1. The zero-order valence-corrected chi connectivity index (χ0v) is 16.9. The first-order valence-corrected chi connectivity index (χ1v) is 9.12. The molecule has 0 bridgehead atoms. The van der Waals surface area contributed by atoms with E-state index in [4.69, 9.17) is 0 Å². The molecule has 0 spiro atoms. The number of amides is 1. The Balaban J connectivity index is 0.00000121. The van der Waals surface area contributed by atoms with Gasteiger partial charge in [-0.3, -0.25) is 4.79 Å². The molecule has 2 aromatic rings. The third kappa shape index (κ3) is 4.19. The Morgan fingerprint density at radius 3 is 2.46 bits per heavy atom. The highest BCUT2D eigenvalue weighted by molar-refractivity contribution is 7.13. The summed E-state index contributed by atoms with van der Waals surface area (Å²) in [7, 11) is 0. The SMILES string of the molecule is Cc1nc(Cc2ccc(F)cc2)sc1C(=O)N1C[C@H]2CNC[C@H]2C1.Cl.Cl. The summed E-state index contributed by atoms with van der Waals surface area (Å²) in [5, 5.41) is 4.30. The molecule has 0 unspecified atom stereocenters. The molecule has 2 atom stereocenters. The molecule has 0 aliphatic carbocycles. The fourth-order valence-electron chi connectivity index (χ4n) is 3.67. The quantitative estimate of drug-likeness (QED) is 0.832. The van der Waals surface area contributed by atoms with Gasteiger partial charge in [0.1, 0.15) is 10.7 Å². The van der Waals surface area contributed by atoms with Gasteiger partial charge < -0.3 is 10.2 Å². The second-order valence-corrected chi connectivity index (χ2v) is 7.80. The van der Waals surface area contributed by atoms with Gasteiger partial charge >= 0.3 is 0 Å². The van der Waals surface area contributed by atoms with Crippen molar-refractivity contribution in [2.75, 3.05) is 26.2 Å². The van der Waals surface area contributed by atoms with Crippen LogP contribution in [0.1, 0.15) is 25.9 Å². The zero-order chi connectivity index (χ0) is 16.7. The van der Waals surface area contributed by atoms with Crippen molar-refractivity contribution < 1.29 is 9.18 Å². The van der Waals surface area contributed by atoms with Crippen molar-refractivity contribution in [1.82, 2.24) is 15.2 Å². The number of carbonyl (C=O) groups is 1. The van der Waals surface area contributed by atoms with Crippen LogP contribution in [-0.2, 0) is 6.42 Å². The molecule has 1 aromatic carbocycles. The highest BCUT2D eigenvalue weighted by Crippen LogP contribution is 2.30. The summed E-state index contributed by atoms with van der Waals surface area (Å²) in [6.07, 6.45) is 0.633. The molecule has 0 saturated carbocycles. The summed E-state index contributed by atoms with van der Waals surface area (Å²) in [5.74, 6) is 1.07. The Kier molecular flexibility index (Phi) is 7.02. The second-order valence-electron chi connectivity index (χ2n) is 6.71. The topological polar surface area (TPSA) is 45.2 Å². The number of thiazole rings is 1. The Labute approximate surface area is 169 Å². The number of benzene rings is 1. The van der Waals surface area contributed by atoms with E-state index in [2.05, 4.69) is 10.3 Å². The zero-order valence-electron chi connectivity index (χ0n) is 14.4. The van der Waals surface area contributed by atoms with E-state index in [-0.39, 0.29) is 36.5 Å². The summed E-state index contributed by atoms with van der Waals surface area (Å²) in [4.78, 5) is 20.1. The number of rotatable bonds is 3. The van der Waals surface area contributed by atoms with Crippen LogP contribution in [0.3, 0.4) is 0 Å². The molecule has 1 aromatic heterocycles. The molecule has 2 aliphatic heterocycles. The van der Waals surface area contributed by atoms with E-state index in [1.54, 1.807) is 12.1 Å². The number of carbonyl (C=O) groups excluding carboxylic acids is 1. The molecule has 142 valence electrons. The molecule has 3 heterocycles. The number of fused-ring (bicyclic) bond motifs is 1. The molecule has 4 rings (SSSR count). The lowest BCUT2D eigenvalue weighted by atomic mass is 10.0. The van der Waals surface area contributed by atoms with E-state index < -0.39 is 0 Å². The van der Waals surface area contributed by atoms with Gasteiger partial charge in [0.05, 0.1) is 10.7 Å². The first-order valence-electron chi connectivity index (χ1n) is 8.31. The van der Waals surface area contributed by atoms with E-state index in [0.29, 0.717) is 18.3 Å². The number of aryl methyl sites for hydroxylation is 1. The van der Waals surface area contributed by atoms with Crippen LogP contribution in [0.15, 0.2) is 24.3 Å². The van der Waals surface area contributed by atoms with Crippen LogP contribution < -0.4 is 5.32 Å². The van der Waals surface area contributed by atoms with Crippen molar-refractivity contribution in [3.8, 4) is 0 Å². The van der Waals surface area contributed by atoms with Crippen LogP contribution >= 0.6 is 36.2 Å². The van der Waals surface area contributed by atoms with Crippen molar-refractivity contribution in [2.24, 2.45) is 11.8 Å². The van der Waals surface area contributed by atoms with Crippen molar-refractivity contribution in [3.05, 3.63) is 51.2 Å². The molecule has 8 heteroatoms. The molecule has 1 amide bonds. The van der Waals surface area contributed by atoms with E-state index in [1.807, 2.05) is 11.8 Å². The highest BCUT2D eigenvalue weighted by atomic mass is 35.5. The predicted octanol–water partition coefficient (Wildman–Crippen LogP) is 3.32. The minimum absolute atomic E-state index is 0. The Hall–Kier alpha value is -1.21. The standard InChI is InChI=1S/C18H20FN3OS.2ClH/c1-11-17(18(23)22-9-13-7-20-8-14(13)10-22)24-16(21-11)6-12-2-4-15(19)5-3-12;;/h2-5,13-14,20H,6-10H2,1H3;2*1H/t13-,14+;;. The van der Waals surface area contributed by atoms with E-state index in [0.717, 1.165) is 47.3 Å². The largest absolute Gasteiger partial charge is 0.337 e. The number of hydrogen-bond donors (Lipinski definition) is 1. The Morgan fingerprint density at radius 2 is 1.85 bits per heavy atom. The van der Waals surface area contributed by atoms with Crippen LogP contribution in [0.25, 0.3) is 0 Å². The van der Waals surface area contributed by atoms with Gasteiger partial charge in [-0.25, -0.2) is 9.37 Å². The maximum absolute atomic E-state index is 13.0. The number of hydrogen-bond acceptors (Lipinski definition) is 4. The van der Waals surface area contributed by atoms with Crippen LogP contribution in [-0.4, -0.2) is 42.0 Å². The molecular weight excluding hydrogens is 396 g/mol. The van der Waals surface area contributed by atoms with Crippen LogP contribution in [0.4, 0.5) is 4.39 Å². The lowest BCUT2D eigenvalue weighted by molar-refractivity contribution is 0.0785. The van der Waals surface area contributed by atoms with E-state index in [1.165, 1.54) is 23.5 Å². The highest BCUT2D eigenvalue weighted by Gasteiger charge is 2.39. The maximum Gasteiger partial charge on any atom is 0.265 e. The van der Waals surface area contributed by atoms with Gasteiger partial charge in [-0.2, -0.15) is 0 Å². The van der Waals surface area contributed by atoms with Gasteiger partial charge in [-0.15, -0.1) is 36.2 Å². The third-order valence-electron chi connectivity index (χ3n) is 4.98. The average molecular weight is 418 g/mol. The van der Waals surface area contributed by atoms with E-state index in [9.17, 15) is 9.18 Å². The number of nitrogens with one attached hydrogen (secondary N) is 1. The number of halogens is 3. The predicted molar refractivity (Wildman–Crippen MR) is 106 cm³/mol. The number of nitrogens with zero attached hydrogens (tertiary/aromatic N) is 2. The summed E-state index contributed by atoms with van der Waals surface area (Å²) in [5.41, 5.74) is 1.81. The van der Waals surface area contributed by atoms with Gasteiger partial charge in [0.2, 0.25) is 0 Å². The van der Waals surface area contributed by atoms with Gasteiger partial charge in [0, 0.05) is 32.6 Å². The summed E-state index contributed by atoms with van der Waals surface area (Å²) in [6, 6.07) is 6.45. The minimum Gasteiger partial charge on any atom is -0.337 e. The van der Waals surface area contributed by atoms with Crippen molar-refractivity contribution in [2.45, 2.75) is 13.3 Å². The normalized spacial score (nSPS) is 21.1. The Bertz CT molecular complexity index is 756. The molecule has 1 N–H and O–H groups in total. The van der Waals surface area contributed by atoms with Crippen molar-refractivity contribution >= 4 is 42.1 Å². The molecule has 2 aliphatic rings. The minimum atomic E-state index is -0.237. The van der Waals surface area contributed by atoms with Gasteiger partial charge in [0.25, 0.3) is 5.91 Å². The van der Waals surface area contributed by atoms with Crippen molar-refractivity contribution in [1.29, 1.82) is 0 Å². The van der Waals surface area contributed by atoms with E-state index >= 15 is 0 Å². The monoisotopic (exact) mass is 417 g/mol. The molecular formula is C18H22Cl2FN3OS. The fourth-order valence-corrected chi connectivity index (χ4v) is 4.73. The lowest BCUT2D eigenvalue weighted by Gasteiger charge is -2.16. The summed E-state index contributed by atoms with van der Waals surface area (Å²) < 4.78 is 13.0. The van der Waals surface area contributed by atoms with Gasteiger partial charge in [-0.05, 0) is 36.5 Å². The smallest absolute Gasteiger partial charge is 0.265 e. The first kappa shape index (κ1) is 21.1. The van der Waals surface area contributed by atoms with Crippen molar-refractivity contribution in [3.63, 3.8) is 0 Å². The van der Waals surface area contributed by atoms with Crippen LogP contribution in [0.5, 0.6) is 0 Å². The third-order valence-corrected chi connectivity index (χ3v) is 6.13. The Morgan fingerprint density at radius 1 is 1.23 bits per heavy atom. The summed E-state index contributed by atoms with van der Waals surface area (Å²) >= 11 is 1.47. The van der Waals surface area contributed by atoms with Gasteiger partial charge in [0.15, 0.2) is 0 Å².